The van der Waals surface area contributed by atoms with Crippen molar-refractivity contribution in [2.75, 3.05) is 26.9 Å². The second kappa shape index (κ2) is 18.3. The smallest absolute Gasteiger partial charge is 0.337 e. The van der Waals surface area contributed by atoms with Gasteiger partial charge in [0.2, 0.25) is 6.29 Å². The number of esters is 3. The molecule has 51 heavy (non-hydrogen) atoms. The Kier molecular flexibility index (Phi) is 14.4. The molecule has 0 amide bonds. The Labute approximate surface area is 292 Å². The van der Waals surface area contributed by atoms with Crippen molar-refractivity contribution in [1.82, 2.24) is 0 Å². The number of rotatable bonds is 13. The van der Waals surface area contributed by atoms with Crippen molar-refractivity contribution in [2.24, 2.45) is 5.92 Å². The Balaban J connectivity index is 1.35. The first kappa shape index (κ1) is 40.2. The maximum atomic E-state index is 13.1. The molecule has 0 aromatic heterocycles. The quantitative estimate of drug-likeness (QED) is 0.0640. The van der Waals surface area contributed by atoms with Crippen LogP contribution in [0.3, 0.4) is 0 Å². The highest BCUT2D eigenvalue weighted by Gasteiger charge is 2.47. The zero-order valence-electron chi connectivity index (χ0n) is 28.0. The van der Waals surface area contributed by atoms with Crippen molar-refractivity contribution in [3.63, 3.8) is 0 Å². The van der Waals surface area contributed by atoms with E-state index in [-0.39, 0.29) is 36.5 Å². The summed E-state index contributed by atoms with van der Waals surface area (Å²) in [4.78, 5) is 36.9. The molecule has 7 N–H and O–H groups in total. The summed E-state index contributed by atoms with van der Waals surface area (Å²) in [6, 6.07) is 6.36. The Morgan fingerprint density at radius 3 is 2.10 bits per heavy atom. The van der Waals surface area contributed by atoms with Crippen molar-refractivity contribution < 1.29 is 88.0 Å². The van der Waals surface area contributed by atoms with Gasteiger partial charge in [0.15, 0.2) is 12.6 Å². The lowest BCUT2D eigenvalue weighted by Gasteiger charge is -2.41. The summed E-state index contributed by atoms with van der Waals surface area (Å²) in [6.07, 6.45) is -13.7. The van der Waals surface area contributed by atoms with Crippen LogP contribution in [0.25, 0.3) is 0 Å². The van der Waals surface area contributed by atoms with Crippen LogP contribution < -0.4 is 4.74 Å². The molecule has 0 bridgehead atoms. The predicted molar refractivity (Wildman–Crippen MR) is 167 cm³/mol. The van der Waals surface area contributed by atoms with E-state index in [1.54, 1.807) is 19.1 Å². The molecule has 4 rings (SSSR count). The highest BCUT2D eigenvalue weighted by Crippen LogP contribution is 2.36. The molecule has 0 aliphatic carbocycles. The molecule has 3 aliphatic heterocycles. The molecule has 0 radical (unpaired) electrons. The molecule has 0 saturated carbocycles. The van der Waals surface area contributed by atoms with E-state index in [0.29, 0.717) is 6.42 Å². The number of methoxy groups -OCH3 is 1. The number of ether oxygens (including phenoxy) is 8. The van der Waals surface area contributed by atoms with Gasteiger partial charge in [-0.25, -0.2) is 4.79 Å². The van der Waals surface area contributed by atoms with Crippen LogP contribution >= 0.6 is 0 Å². The SMILES string of the molecule is C/C=C1/[C@H](O[C@@H]2O[C@H](CO)[C@@H](O)[C@H](O)[C@H]2O)OC=C(C(=O)OC)[C@H]1CC(=O)Oc1ccc(CCO[C@@H]2O[C@H](COC(C)=O)[C@@H](O)[C@H](O)[C@H]2O)cc1. The van der Waals surface area contributed by atoms with Gasteiger partial charge in [-0.05, 0) is 31.0 Å². The summed E-state index contributed by atoms with van der Waals surface area (Å²) in [5.74, 6) is -2.94. The molecule has 1 aromatic rings. The van der Waals surface area contributed by atoms with E-state index in [4.69, 9.17) is 37.9 Å². The lowest BCUT2D eigenvalue weighted by molar-refractivity contribution is -0.327. The predicted octanol–water partition coefficient (Wildman–Crippen LogP) is -2.30. The molecule has 2 saturated heterocycles. The second-order valence-electron chi connectivity index (χ2n) is 12.0. The van der Waals surface area contributed by atoms with E-state index in [9.17, 15) is 50.1 Å². The number of hydrogen-bond donors (Lipinski definition) is 7. The summed E-state index contributed by atoms with van der Waals surface area (Å²) in [5, 5.41) is 70.7. The average molecular weight is 729 g/mol. The van der Waals surface area contributed by atoms with E-state index in [2.05, 4.69) is 0 Å². The van der Waals surface area contributed by atoms with Gasteiger partial charge in [0.25, 0.3) is 0 Å². The minimum absolute atomic E-state index is 0.0227. The van der Waals surface area contributed by atoms with E-state index in [1.807, 2.05) is 0 Å². The number of allylic oxidation sites excluding steroid dienone is 1. The topological polar surface area (TPSA) is 267 Å². The molecule has 1 aromatic carbocycles. The van der Waals surface area contributed by atoms with Gasteiger partial charge in [-0.1, -0.05) is 18.2 Å². The molecule has 3 aliphatic rings. The van der Waals surface area contributed by atoms with E-state index in [1.165, 1.54) is 25.1 Å². The molecular weight excluding hydrogens is 684 g/mol. The van der Waals surface area contributed by atoms with E-state index in [0.717, 1.165) is 18.9 Å². The summed E-state index contributed by atoms with van der Waals surface area (Å²) < 4.78 is 43.0. The van der Waals surface area contributed by atoms with Crippen LogP contribution in [0.1, 0.15) is 25.8 Å². The fourth-order valence-electron chi connectivity index (χ4n) is 5.67. The third-order valence-corrected chi connectivity index (χ3v) is 8.55. The van der Waals surface area contributed by atoms with Gasteiger partial charge in [-0.3, -0.25) is 9.59 Å². The second-order valence-corrected chi connectivity index (χ2v) is 12.0. The Morgan fingerprint density at radius 2 is 1.49 bits per heavy atom. The van der Waals surface area contributed by atoms with Crippen LogP contribution in [0, 0.1) is 5.92 Å². The molecule has 18 nitrogen and oxygen atoms in total. The highest BCUT2D eigenvalue weighted by atomic mass is 16.8. The first-order valence-corrected chi connectivity index (χ1v) is 16.1. The van der Waals surface area contributed by atoms with Crippen LogP contribution in [-0.4, -0.2) is 148 Å². The number of aliphatic hydroxyl groups excluding tert-OH is 7. The van der Waals surface area contributed by atoms with Gasteiger partial charge in [0.05, 0.1) is 38.6 Å². The van der Waals surface area contributed by atoms with Gasteiger partial charge < -0.3 is 73.6 Å². The molecule has 3 heterocycles. The van der Waals surface area contributed by atoms with Crippen molar-refractivity contribution >= 4 is 17.9 Å². The van der Waals surface area contributed by atoms with Gasteiger partial charge in [-0.2, -0.15) is 0 Å². The third kappa shape index (κ3) is 9.87. The first-order chi connectivity index (χ1) is 24.3. The average Bonchev–Trinajstić information content (AvgIpc) is 3.11. The fraction of sp³-hybridized carbons (Fsp3) is 0.606. The lowest BCUT2D eigenvalue weighted by Crippen LogP contribution is -2.60. The lowest BCUT2D eigenvalue weighted by atomic mass is 9.86. The van der Waals surface area contributed by atoms with Crippen LogP contribution in [0.15, 0.2) is 47.7 Å². The zero-order chi connectivity index (χ0) is 37.4. The standard InChI is InChI=1S/C33H44O18/c1-4-18-19(20(30(43)44-3)13-47-31(18)51-33-29(42)26(39)24(37)21(12-34)49-33)11-23(36)48-17-7-5-16(6-8-17)9-10-45-32-28(41)27(40)25(38)22(50-32)14-46-15(2)35/h4-8,13,19,21-22,24-29,31-34,37-42H,9-12,14H2,1-3H3/b18-4+/t19-,21+,22+,24+,25+,26-,27-,28+,29+,31-,32+,33-/m0/s1. The van der Waals surface area contributed by atoms with Crippen LogP contribution in [0.2, 0.25) is 0 Å². The van der Waals surface area contributed by atoms with Gasteiger partial charge in [0.1, 0.15) is 61.2 Å². The Bertz CT molecular complexity index is 1390. The number of carbonyl (C=O) groups excluding carboxylic acids is 3. The summed E-state index contributed by atoms with van der Waals surface area (Å²) >= 11 is 0. The molecule has 2 fully saturated rings. The van der Waals surface area contributed by atoms with Crippen molar-refractivity contribution in [3.05, 3.63) is 53.3 Å². The van der Waals surface area contributed by atoms with Gasteiger partial charge >= 0.3 is 17.9 Å². The molecule has 284 valence electrons. The van der Waals surface area contributed by atoms with Gasteiger partial charge in [-0.15, -0.1) is 0 Å². The van der Waals surface area contributed by atoms with Crippen LogP contribution in [0.4, 0.5) is 0 Å². The number of carbonyl (C=O) groups is 3. The van der Waals surface area contributed by atoms with Crippen molar-refractivity contribution in [1.29, 1.82) is 0 Å². The van der Waals surface area contributed by atoms with Crippen molar-refractivity contribution in [3.8, 4) is 5.75 Å². The first-order valence-electron chi connectivity index (χ1n) is 16.1. The third-order valence-electron chi connectivity index (χ3n) is 8.55. The maximum Gasteiger partial charge on any atom is 0.337 e. The molecule has 0 unspecified atom stereocenters. The summed E-state index contributed by atoms with van der Waals surface area (Å²) in [6.45, 7) is 1.77. The summed E-state index contributed by atoms with van der Waals surface area (Å²) in [5.41, 5.74) is 0.967. The molecular formula is C33H44O18. The monoisotopic (exact) mass is 728 g/mol. The molecule has 12 atom stereocenters. The Morgan fingerprint density at radius 1 is 0.863 bits per heavy atom. The minimum Gasteiger partial charge on any atom is -0.468 e. The maximum absolute atomic E-state index is 13.1. The Hall–Kier alpha value is -3.53. The van der Waals surface area contributed by atoms with E-state index < -0.39 is 98.1 Å². The fourth-order valence-corrected chi connectivity index (χ4v) is 5.67. The van der Waals surface area contributed by atoms with Crippen LogP contribution in [-0.2, 0) is 54.0 Å². The molecule has 0 spiro atoms. The minimum atomic E-state index is -1.73. The summed E-state index contributed by atoms with van der Waals surface area (Å²) in [7, 11) is 1.15. The van der Waals surface area contributed by atoms with Gasteiger partial charge in [0, 0.05) is 18.4 Å². The number of hydrogen-bond acceptors (Lipinski definition) is 18. The molecule has 18 heteroatoms. The zero-order valence-corrected chi connectivity index (χ0v) is 28.0. The highest BCUT2D eigenvalue weighted by molar-refractivity contribution is 5.91. The van der Waals surface area contributed by atoms with Crippen LogP contribution in [0.5, 0.6) is 5.75 Å². The normalized spacial score (nSPS) is 34.6. The largest absolute Gasteiger partial charge is 0.468 e. The van der Waals surface area contributed by atoms with Crippen molar-refractivity contribution in [2.45, 2.75) is 94.4 Å². The number of benzene rings is 1. The van der Waals surface area contributed by atoms with E-state index >= 15 is 0 Å². The number of aliphatic hydroxyl groups is 7.